The van der Waals surface area contributed by atoms with Crippen molar-refractivity contribution < 1.29 is 4.79 Å². The zero-order valence-corrected chi connectivity index (χ0v) is 12.8. The topological polar surface area (TPSA) is 39.3 Å². The molecule has 1 saturated heterocycles. The summed E-state index contributed by atoms with van der Waals surface area (Å²) >= 11 is 0. The molecule has 1 atom stereocenters. The van der Waals surface area contributed by atoms with E-state index in [9.17, 15) is 4.79 Å². The van der Waals surface area contributed by atoms with Gasteiger partial charge in [-0.3, -0.25) is 9.69 Å². The number of aromatic nitrogens is 1. The van der Waals surface area contributed by atoms with Gasteiger partial charge in [-0.25, -0.2) is 0 Å². The van der Waals surface area contributed by atoms with E-state index < -0.39 is 0 Å². The summed E-state index contributed by atoms with van der Waals surface area (Å²) in [5.74, 6) is 0.220. The summed E-state index contributed by atoms with van der Waals surface area (Å²) in [6, 6.07) is 7.94. The molecule has 0 saturated carbocycles. The van der Waals surface area contributed by atoms with E-state index in [4.69, 9.17) is 0 Å². The van der Waals surface area contributed by atoms with Gasteiger partial charge in [0.2, 0.25) is 0 Å². The molecule has 0 radical (unpaired) electrons. The van der Waals surface area contributed by atoms with E-state index in [0.29, 0.717) is 0 Å². The van der Waals surface area contributed by atoms with Crippen LogP contribution in [0.15, 0.2) is 30.5 Å². The third-order valence-corrected chi connectivity index (χ3v) is 4.64. The van der Waals surface area contributed by atoms with Gasteiger partial charge < -0.3 is 9.88 Å². The second kappa shape index (κ2) is 6.00. The number of piperazine rings is 1. The summed E-state index contributed by atoms with van der Waals surface area (Å²) in [5, 5.41) is 1.03. The number of Topliss-reactive ketones (excluding diaryl/α,β-unsaturated/α-hetero) is 1. The highest BCUT2D eigenvalue weighted by Gasteiger charge is 2.27. The average molecular weight is 285 g/mol. The molecule has 4 heteroatoms. The Balaban J connectivity index is 1.76. The van der Waals surface area contributed by atoms with E-state index in [1.807, 2.05) is 37.4 Å². The molecule has 2 heterocycles. The van der Waals surface area contributed by atoms with Gasteiger partial charge in [-0.1, -0.05) is 25.1 Å². The number of para-hydroxylation sites is 1. The molecule has 3 rings (SSSR count). The Hall–Kier alpha value is -1.65. The van der Waals surface area contributed by atoms with Crippen molar-refractivity contribution >= 4 is 16.7 Å². The van der Waals surface area contributed by atoms with Gasteiger partial charge in [0, 0.05) is 48.8 Å². The molecule has 1 aromatic carbocycles. The molecule has 0 amide bonds. The van der Waals surface area contributed by atoms with Crippen molar-refractivity contribution in [3.8, 4) is 0 Å². The first-order valence-electron chi connectivity index (χ1n) is 7.77. The van der Waals surface area contributed by atoms with Crippen molar-refractivity contribution in [3.63, 3.8) is 0 Å². The summed E-state index contributed by atoms with van der Waals surface area (Å²) in [5.41, 5.74) is 1.85. The number of fused-ring (bicyclic) bond motifs is 1. The summed E-state index contributed by atoms with van der Waals surface area (Å²) < 4.78 is 0. The van der Waals surface area contributed by atoms with Crippen molar-refractivity contribution in [2.24, 2.45) is 0 Å². The molecule has 0 aliphatic carbocycles. The van der Waals surface area contributed by atoms with Gasteiger partial charge in [0.1, 0.15) is 0 Å². The first-order chi connectivity index (χ1) is 10.2. The van der Waals surface area contributed by atoms with Crippen LogP contribution in [0.5, 0.6) is 0 Å². The Morgan fingerprint density at radius 3 is 2.67 bits per heavy atom. The van der Waals surface area contributed by atoms with Gasteiger partial charge in [-0.15, -0.1) is 0 Å². The second-order valence-corrected chi connectivity index (χ2v) is 5.76. The Kier molecular flexibility index (Phi) is 4.08. The van der Waals surface area contributed by atoms with Gasteiger partial charge in [0.15, 0.2) is 5.78 Å². The first kappa shape index (κ1) is 14.3. The number of benzene rings is 1. The van der Waals surface area contributed by atoms with E-state index in [-0.39, 0.29) is 11.8 Å². The van der Waals surface area contributed by atoms with Crippen LogP contribution in [0, 0.1) is 0 Å². The molecule has 1 aliphatic heterocycles. The fraction of sp³-hybridized carbons (Fsp3) is 0.471. The molecule has 112 valence electrons. The lowest BCUT2D eigenvalue weighted by Crippen LogP contribution is -2.51. The van der Waals surface area contributed by atoms with E-state index in [0.717, 1.165) is 49.2 Å². The lowest BCUT2D eigenvalue weighted by Gasteiger charge is -2.36. The molecule has 21 heavy (non-hydrogen) atoms. The maximum absolute atomic E-state index is 12.8. The molecule has 1 fully saturated rings. The quantitative estimate of drug-likeness (QED) is 0.877. The fourth-order valence-corrected chi connectivity index (χ4v) is 3.13. The Bertz CT molecular complexity index is 626. The predicted octanol–water partition coefficient (Wildman–Crippen LogP) is 2.38. The molecule has 0 unspecified atom stereocenters. The SMILES string of the molecule is CCN1CCN([C@H](C)C(=O)c2c[nH]c3ccccc23)CC1. The Morgan fingerprint density at radius 2 is 1.95 bits per heavy atom. The number of hydrogen-bond acceptors (Lipinski definition) is 3. The average Bonchev–Trinajstić information content (AvgIpc) is 2.97. The number of carbonyl (C=O) groups excluding carboxylic acids is 1. The van der Waals surface area contributed by atoms with Crippen molar-refractivity contribution in [2.45, 2.75) is 19.9 Å². The van der Waals surface area contributed by atoms with Crippen molar-refractivity contribution in [1.82, 2.24) is 14.8 Å². The largest absolute Gasteiger partial charge is 0.360 e. The predicted molar refractivity (Wildman–Crippen MR) is 85.8 cm³/mol. The molecule has 2 aromatic rings. The summed E-state index contributed by atoms with van der Waals surface area (Å²) in [6.45, 7) is 9.39. The lowest BCUT2D eigenvalue weighted by atomic mass is 10.0. The second-order valence-electron chi connectivity index (χ2n) is 5.76. The van der Waals surface area contributed by atoms with Crippen LogP contribution in [0.4, 0.5) is 0 Å². The first-order valence-corrected chi connectivity index (χ1v) is 7.77. The lowest BCUT2D eigenvalue weighted by molar-refractivity contribution is 0.0711. The third kappa shape index (κ3) is 2.74. The molecule has 1 aromatic heterocycles. The Morgan fingerprint density at radius 1 is 1.24 bits per heavy atom. The van der Waals surface area contributed by atoms with E-state index in [2.05, 4.69) is 21.7 Å². The highest BCUT2D eigenvalue weighted by atomic mass is 16.1. The van der Waals surface area contributed by atoms with Crippen LogP contribution in [-0.2, 0) is 0 Å². The number of aromatic amines is 1. The summed E-state index contributed by atoms with van der Waals surface area (Å²) in [6.07, 6.45) is 1.85. The number of rotatable bonds is 4. The van der Waals surface area contributed by atoms with Crippen LogP contribution < -0.4 is 0 Å². The zero-order valence-electron chi connectivity index (χ0n) is 12.8. The summed E-state index contributed by atoms with van der Waals surface area (Å²) in [4.78, 5) is 20.7. The van der Waals surface area contributed by atoms with Crippen LogP contribution >= 0.6 is 0 Å². The van der Waals surface area contributed by atoms with E-state index in [1.54, 1.807) is 0 Å². The number of carbonyl (C=O) groups is 1. The highest BCUT2D eigenvalue weighted by molar-refractivity contribution is 6.10. The minimum atomic E-state index is -0.0526. The Labute approximate surface area is 125 Å². The van der Waals surface area contributed by atoms with Gasteiger partial charge in [-0.2, -0.15) is 0 Å². The van der Waals surface area contributed by atoms with Gasteiger partial charge in [0.25, 0.3) is 0 Å². The zero-order chi connectivity index (χ0) is 14.8. The molecule has 0 bridgehead atoms. The minimum absolute atomic E-state index is 0.0526. The van der Waals surface area contributed by atoms with E-state index >= 15 is 0 Å². The maximum atomic E-state index is 12.8. The summed E-state index contributed by atoms with van der Waals surface area (Å²) in [7, 11) is 0. The van der Waals surface area contributed by atoms with Crippen molar-refractivity contribution in [3.05, 3.63) is 36.0 Å². The van der Waals surface area contributed by atoms with Crippen LogP contribution in [-0.4, -0.2) is 59.3 Å². The number of hydrogen-bond donors (Lipinski definition) is 1. The van der Waals surface area contributed by atoms with Crippen molar-refractivity contribution in [1.29, 1.82) is 0 Å². The monoisotopic (exact) mass is 285 g/mol. The molecule has 1 N–H and O–H groups in total. The number of nitrogens with zero attached hydrogens (tertiary/aromatic N) is 2. The van der Waals surface area contributed by atoms with Crippen LogP contribution in [0.1, 0.15) is 24.2 Å². The number of ketones is 1. The molecule has 1 aliphatic rings. The normalized spacial score (nSPS) is 19.0. The van der Waals surface area contributed by atoms with Gasteiger partial charge in [-0.05, 0) is 19.5 Å². The molecule has 4 nitrogen and oxygen atoms in total. The minimum Gasteiger partial charge on any atom is -0.360 e. The van der Waals surface area contributed by atoms with E-state index in [1.165, 1.54) is 0 Å². The molecular weight excluding hydrogens is 262 g/mol. The van der Waals surface area contributed by atoms with Gasteiger partial charge in [0.05, 0.1) is 6.04 Å². The fourth-order valence-electron chi connectivity index (χ4n) is 3.13. The van der Waals surface area contributed by atoms with Crippen LogP contribution in [0.2, 0.25) is 0 Å². The molecule has 0 spiro atoms. The van der Waals surface area contributed by atoms with Crippen LogP contribution in [0.3, 0.4) is 0 Å². The molecular formula is C17H23N3O. The number of H-pyrrole nitrogens is 1. The third-order valence-electron chi connectivity index (χ3n) is 4.64. The van der Waals surface area contributed by atoms with Gasteiger partial charge >= 0.3 is 0 Å². The highest BCUT2D eigenvalue weighted by Crippen LogP contribution is 2.21. The number of likely N-dealkylation sites (N-methyl/N-ethyl adjacent to an activating group) is 1. The smallest absolute Gasteiger partial charge is 0.181 e. The number of nitrogens with one attached hydrogen (secondary N) is 1. The standard InChI is InChI=1S/C17H23N3O/c1-3-19-8-10-20(11-9-19)13(2)17(21)15-12-18-16-7-5-4-6-14(15)16/h4-7,12-13,18H,3,8-11H2,1-2H3/t13-/m1/s1. The van der Waals surface area contributed by atoms with Crippen LogP contribution in [0.25, 0.3) is 10.9 Å². The van der Waals surface area contributed by atoms with Crippen molar-refractivity contribution in [2.75, 3.05) is 32.7 Å². The maximum Gasteiger partial charge on any atom is 0.181 e.